The Morgan fingerprint density at radius 3 is 3.00 bits per heavy atom. The Morgan fingerprint density at radius 1 is 1.48 bits per heavy atom. The van der Waals surface area contributed by atoms with Crippen LogP contribution in [0.5, 0.6) is 0 Å². The standard InChI is InChI=1S/C13H8ClN5O3S/c14-10-4-3-9(19(20)21)6-8(10)7-15-18-12(16-17-13(18)23)11-2-1-5-22-11/h1-7H,(H,17,23)/b15-7+. The summed E-state index contributed by atoms with van der Waals surface area (Å²) in [6.07, 6.45) is 2.87. The average molecular weight is 350 g/mol. The molecule has 0 aliphatic rings. The van der Waals surface area contributed by atoms with Crippen molar-refractivity contribution >= 4 is 35.7 Å². The van der Waals surface area contributed by atoms with Crippen molar-refractivity contribution in [3.8, 4) is 11.6 Å². The molecular formula is C13H8ClN5O3S. The molecule has 0 radical (unpaired) electrons. The summed E-state index contributed by atoms with van der Waals surface area (Å²) < 4.78 is 6.84. The highest BCUT2D eigenvalue weighted by atomic mass is 35.5. The minimum absolute atomic E-state index is 0.0853. The second kappa shape index (κ2) is 6.15. The number of nitro groups is 1. The number of nitro benzene ring substituents is 1. The first-order valence-electron chi connectivity index (χ1n) is 6.26. The van der Waals surface area contributed by atoms with Gasteiger partial charge in [0.05, 0.1) is 17.4 Å². The maximum absolute atomic E-state index is 10.8. The molecule has 0 unspecified atom stereocenters. The molecule has 0 saturated heterocycles. The van der Waals surface area contributed by atoms with E-state index in [2.05, 4.69) is 15.3 Å². The Balaban J connectivity index is 2.02. The van der Waals surface area contributed by atoms with Crippen molar-refractivity contribution in [1.29, 1.82) is 0 Å². The summed E-state index contributed by atoms with van der Waals surface area (Å²) in [5.74, 6) is 0.845. The monoisotopic (exact) mass is 349 g/mol. The highest BCUT2D eigenvalue weighted by Crippen LogP contribution is 2.21. The fraction of sp³-hybridized carbons (Fsp3) is 0. The molecule has 0 aliphatic carbocycles. The molecule has 1 aromatic carbocycles. The van der Waals surface area contributed by atoms with Crippen molar-refractivity contribution in [3.05, 3.63) is 62.1 Å². The Kier molecular flexibility index (Phi) is 4.04. The minimum atomic E-state index is -0.508. The molecule has 0 amide bonds. The van der Waals surface area contributed by atoms with E-state index in [0.717, 1.165) is 0 Å². The normalized spacial score (nSPS) is 11.2. The number of nitrogens with one attached hydrogen (secondary N) is 1. The van der Waals surface area contributed by atoms with Crippen LogP contribution in [0.3, 0.4) is 0 Å². The maximum Gasteiger partial charge on any atom is 0.270 e. The highest BCUT2D eigenvalue weighted by molar-refractivity contribution is 7.71. The zero-order chi connectivity index (χ0) is 16.4. The maximum atomic E-state index is 10.8. The van der Waals surface area contributed by atoms with Crippen LogP contribution in [0, 0.1) is 14.9 Å². The second-order valence-electron chi connectivity index (χ2n) is 4.35. The van der Waals surface area contributed by atoms with E-state index in [4.69, 9.17) is 28.2 Å². The van der Waals surface area contributed by atoms with Gasteiger partial charge in [-0.05, 0) is 30.4 Å². The number of hydrogen-bond acceptors (Lipinski definition) is 6. The van der Waals surface area contributed by atoms with Gasteiger partial charge in [-0.15, -0.1) is 5.10 Å². The van der Waals surface area contributed by atoms with Gasteiger partial charge in [0.25, 0.3) is 5.69 Å². The lowest BCUT2D eigenvalue weighted by Crippen LogP contribution is -1.96. The lowest BCUT2D eigenvalue weighted by Gasteiger charge is -1.99. The first-order valence-corrected chi connectivity index (χ1v) is 7.04. The number of aromatic nitrogens is 3. The van der Waals surface area contributed by atoms with E-state index >= 15 is 0 Å². The Bertz CT molecular complexity index is 945. The summed E-state index contributed by atoms with van der Waals surface area (Å²) in [7, 11) is 0. The number of non-ortho nitro benzene ring substituents is 1. The van der Waals surface area contributed by atoms with E-state index in [-0.39, 0.29) is 10.5 Å². The SMILES string of the molecule is O=[N+]([O-])c1ccc(Cl)c(/C=N/n2c(-c3ccco3)n[nH]c2=S)c1. The molecule has 0 fully saturated rings. The molecule has 2 heterocycles. The quantitative estimate of drug-likeness (QED) is 0.335. The molecule has 3 aromatic rings. The van der Waals surface area contributed by atoms with Crippen LogP contribution in [0.2, 0.25) is 5.02 Å². The lowest BCUT2D eigenvalue weighted by atomic mass is 10.2. The third-order valence-electron chi connectivity index (χ3n) is 2.89. The second-order valence-corrected chi connectivity index (χ2v) is 5.14. The zero-order valence-electron chi connectivity index (χ0n) is 11.3. The van der Waals surface area contributed by atoms with E-state index in [1.54, 1.807) is 12.1 Å². The molecule has 0 spiro atoms. The fourth-order valence-electron chi connectivity index (χ4n) is 1.83. The summed E-state index contributed by atoms with van der Waals surface area (Å²) >= 11 is 11.1. The van der Waals surface area contributed by atoms with Crippen molar-refractivity contribution in [3.63, 3.8) is 0 Å². The van der Waals surface area contributed by atoms with Gasteiger partial charge in [-0.25, -0.2) is 5.10 Å². The number of hydrogen-bond donors (Lipinski definition) is 1. The number of nitrogens with zero attached hydrogens (tertiary/aromatic N) is 4. The van der Waals surface area contributed by atoms with Gasteiger partial charge >= 0.3 is 0 Å². The number of halogens is 1. The minimum Gasteiger partial charge on any atom is -0.461 e. The summed E-state index contributed by atoms with van der Waals surface area (Å²) in [5.41, 5.74) is 0.298. The van der Waals surface area contributed by atoms with Crippen LogP contribution in [0.4, 0.5) is 5.69 Å². The van der Waals surface area contributed by atoms with E-state index in [9.17, 15) is 10.1 Å². The van der Waals surface area contributed by atoms with Crippen molar-refractivity contribution in [1.82, 2.24) is 14.9 Å². The van der Waals surface area contributed by atoms with Crippen molar-refractivity contribution in [2.45, 2.75) is 0 Å². The predicted molar refractivity (Wildman–Crippen MR) is 86.2 cm³/mol. The molecule has 23 heavy (non-hydrogen) atoms. The predicted octanol–water partition coefficient (Wildman–Crippen LogP) is 3.64. The summed E-state index contributed by atoms with van der Waals surface area (Å²) in [6, 6.07) is 7.48. The number of aromatic amines is 1. The van der Waals surface area contributed by atoms with Crippen LogP contribution in [0.25, 0.3) is 11.6 Å². The van der Waals surface area contributed by atoms with Crippen molar-refractivity contribution in [2.75, 3.05) is 0 Å². The van der Waals surface area contributed by atoms with Crippen LogP contribution in [-0.4, -0.2) is 26.0 Å². The molecule has 8 nitrogen and oxygen atoms in total. The topological polar surface area (TPSA) is 102 Å². The molecule has 0 saturated carbocycles. The Hall–Kier alpha value is -2.78. The Labute approximate surface area is 139 Å². The van der Waals surface area contributed by atoms with Crippen LogP contribution < -0.4 is 0 Å². The van der Waals surface area contributed by atoms with Crippen LogP contribution in [0.1, 0.15) is 5.56 Å². The van der Waals surface area contributed by atoms with Gasteiger partial charge in [-0.2, -0.15) is 9.78 Å². The molecule has 3 rings (SSSR count). The van der Waals surface area contributed by atoms with Crippen LogP contribution in [0.15, 0.2) is 46.1 Å². The smallest absolute Gasteiger partial charge is 0.270 e. The fourth-order valence-corrected chi connectivity index (χ4v) is 2.17. The van der Waals surface area contributed by atoms with Gasteiger partial charge in [-0.3, -0.25) is 10.1 Å². The number of rotatable bonds is 4. The summed E-state index contributed by atoms with van der Waals surface area (Å²) in [4.78, 5) is 10.3. The molecule has 10 heteroatoms. The third kappa shape index (κ3) is 3.05. The number of benzene rings is 1. The van der Waals surface area contributed by atoms with E-state index in [1.165, 1.54) is 35.4 Å². The molecule has 2 aromatic heterocycles. The first-order chi connectivity index (χ1) is 11.1. The first kappa shape index (κ1) is 15.1. The summed E-state index contributed by atoms with van der Waals surface area (Å²) in [5, 5.41) is 22.0. The molecule has 0 aliphatic heterocycles. The van der Waals surface area contributed by atoms with Gasteiger partial charge in [0.1, 0.15) is 0 Å². The van der Waals surface area contributed by atoms with Crippen LogP contribution in [-0.2, 0) is 0 Å². The van der Waals surface area contributed by atoms with Gasteiger partial charge in [0, 0.05) is 22.7 Å². The molecule has 0 bridgehead atoms. The van der Waals surface area contributed by atoms with Gasteiger partial charge in [-0.1, -0.05) is 11.6 Å². The van der Waals surface area contributed by atoms with Gasteiger partial charge < -0.3 is 4.42 Å². The van der Waals surface area contributed by atoms with Crippen molar-refractivity contribution in [2.24, 2.45) is 5.10 Å². The lowest BCUT2D eigenvalue weighted by molar-refractivity contribution is -0.384. The van der Waals surface area contributed by atoms with E-state index in [0.29, 0.717) is 22.2 Å². The van der Waals surface area contributed by atoms with E-state index < -0.39 is 4.92 Å². The average Bonchev–Trinajstić information content (AvgIpc) is 3.16. The molecule has 0 atom stereocenters. The summed E-state index contributed by atoms with van der Waals surface area (Å²) in [6.45, 7) is 0. The zero-order valence-corrected chi connectivity index (χ0v) is 12.9. The van der Waals surface area contributed by atoms with E-state index in [1.807, 2.05) is 0 Å². The third-order valence-corrected chi connectivity index (χ3v) is 3.50. The molecule has 116 valence electrons. The largest absolute Gasteiger partial charge is 0.461 e. The van der Waals surface area contributed by atoms with Crippen LogP contribution >= 0.6 is 23.8 Å². The molecular weight excluding hydrogens is 342 g/mol. The van der Waals surface area contributed by atoms with Gasteiger partial charge in [0.2, 0.25) is 10.6 Å². The highest BCUT2D eigenvalue weighted by Gasteiger charge is 2.12. The number of furan rings is 1. The van der Waals surface area contributed by atoms with Crippen molar-refractivity contribution < 1.29 is 9.34 Å². The number of H-pyrrole nitrogens is 1. The Morgan fingerprint density at radius 2 is 2.30 bits per heavy atom. The van der Waals surface area contributed by atoms with Gasteiger partial charge in [0.15, 0.2) is 5.76 Å². The molecule has 1 N–H and O–H groups in total.